The predicted molar refractivity (Wildman–Crippen MR) is 45.4 cm³/mol. The minimum absolute atomic E-state index is 0.237. The monoisotopic (exact) mass is 199 g/mol. The van der Waals surface area contributed by atoms with E-state index in [1.54, 1.807) is 6.07 Å². The van der Waals surface area contributed by atoms with Crippen molar-refractivity contribution >= 4 is 0 Å². The maximum absolute atomic E-state index is 12.2. The molecule has 0 aliphatic carbocycles. The van der Waals surface area contributed by atoms with Gasteiger partial charge in [0.05, 0.1) is 11.6 Å². The van der Waals surface area contributed by atoms with Crippen LogP contribution in [0.5, 0.6) is 0 Å². The summed E-state index contributed by atoms with van der Waals surface area (Å²) in [6.07, 6.45) is -3.70. The van der Waals surface area contributed by atoms with E-state index in [0.717, 1.165) is 12.1 Å². The Morgan fingerprint density at radius 3 is 2.57 bits per heavy atom. The van der Waals surface area contributed by atoms with Gasteiger partial charge in [-0.15, -0.1) is 0 Å². The molecule has 4 heteroatoms. The molecular formula is C10H8F3N. The molecule has 14 heavy (non-hydrogen) atoms. The molecule has 0 radical (unpaired) electrons. The quantitative estimate of drug-likeness (QED) is 0.717. The van der Waals surface area contributed by atoms with Gasteiger partial charge >= 0.3 is 6.18 Å². The van der Waals surface area contributed by atoms with E-state index in [9.17, 15) is 13.2 Å². The normalized spacial score (nSPS) is 11.0. The Morgan fingerprint density at radius 1 is 1.29 bits per heavy atom. The van der Waals surface area contributed by atoms with Crippen molar-refractivity contribution in [1.82, 2.24) is 0 Å². The van der Waals surface area contributed by atoms with Gasteiger partial charge in [-0.2, -0.15) is 18.4 Å². The largest absolute Gasteiger partial charge is 0.416 e. The number of nitrogens with zero attached hydrogens (tertiary/aromatic N) is 1. The first-order valence-electron chi connectivity index (χ1n) is 4.07. The number of benzene rings is 1. The Balaban J connectivity index is 2.86. The Hall–Kier alpha value is -1.50. The van der Waals surface area contributed by atoms with Gasteiger partial charge in [0.1, 0.15) is 0 Å². The zero-order valence-corrected chi connectivity index (χ0v) is 7.30. The molecule has 74 valence electrons. The molecule has 0 saturated heterocycles. The van der Waals surface area contributed by atoms with E-state index in [4.69, 9.17) is 5.26 Å². The average molecular weight is 199 g/mol. The first-order chi connectivity index (χ1) is 6.54. The van der Waals surface area contributed by atoms with Crippen molar-refractivity contribution in [2.24, 2.45) is 0 Å². The predicted octanol–water partition coefficient (Wildman–Crippen LogP) is 3.16. The van der Waals surface area contributed by atoms with E-state index in [2.05, 4.69) is 0 Å². The molecule has 0 atom stereocenters. The van der Waals surface area contributed by atoms with Gasteiger partial charge in [0.15, 0.2) is 0 Å². The van der Waals surface area contributed by atoms with Gasteiger partial charge in [0.25, 0.3) is 0 Å². The van der Waals surface area contributed by atoms with Crippen molar-refractivity contribution in [1.29, 1.82) is 5.26 Å². The van der Waals surface area contributed by atoms with Crippen molar-refractivity contribution in [3.05, 3.63) is 35.4 Å². The van der Waals surface area contributed by atoms with E-state index in [0.29, 0.717) is 12.0 Å². The fourth-order valence-electron chi connectivity index (χ4n) is 1.10. The highest BCUT2D eigenvalue weighted by Crippen LogP contribution is 2.29. The summed E-state index contributed by atoms with van der Waals surface area (Å²) in [6, 6.07) is 6.94. The fourth-order valence-corrected chi connectivity index (χ4v) is 1.10. The molecule has 0 heterocycles. The van der Waals surface area contributed by atoms with Crippen LogP contribution in [0.3, 0.4) is 0 Å². The van der Waals surface area contributed by atoms with E-state index in [1.165, 1.54) is 6.07 Å². The summed E-state index contributed by atoms with van der Waals surface area (Å²) in [7, 11) is 0. The third-order valence-electron chi connectivity index (χ3n) is 1.78. The number of rotatable bonds is 2. The molecule has 0 aliphatic rings. The van der Waals surface area contributed by atoms with Gasteiger partial charge in [-0.3, -0.25) is 0 Å². The smallest absolute Gasteiger partial charge is 0.198 e. The number of nitriles is 1. The highest BCUT2D eigenvalue weighted by molar-refractivity contribution is 5.25. The fraction of sp³-hybridized carbons (Fsp3) is 0.300. The van der Waals surface area contributed by atoms with Gasteiger partial charge in [-0.25, -0.2) is 0 Å². The Bertz CT molecular complexity index is 349. The molecule has 1 rings (SSSR count). The summed E-state index contributed by atoms with van der Waals surface area (Å²) >= 11 is 0. The van der Waals surface area contributed by atoms with Gasteiger partial charge in [0, 0.05) is 6.42 Å². The van der Waals surface area contributed by atoms with Gasteiger partial charge in [-0.1, -0.05) is 18.2 Å². The first-order valence-corrected chi connectivity index (χ1v) is 4.07. The van der Waals surface area contributed by atoms with Crippen LogP contribution in [0.4, 0.5) is 13.2 Å². The summed E-state index contributed by atoms with van der Waals surface area (Å²) in [5.74, 6) is 0. The van der Waals surface area contributed by atoms with Crippen molar-refractivity contribution in [2.75, 3.05) is 0 Å². The van der Waals surface area contributed by atoms with E-state index >= 15 is 0 Å². The minimum Gasteiger partial charge on any atom is -0.198 e. The SMILES string of the molecule is N#CCCc1cccc(C(F)(F)F)c1. The molecule has 1 aromatic rings. The molecule has 0 unspecified atom stereocenters. The summed E-state index contributed by atoms with van der Waals surface area (Å²) < 4.78 is 36.7. The second-order valence-electron chi connectivity index (χ2n) is 2.86. The Labute approximate surface area is 79.8 Å². The average Bonchev–Trinajstić information content (AvgIpc) is 2.14. The van der Waals surface area contributed by atoms with E-state index in [1.807, 2.05) is 6.07 Å². The van der Waals surface area contributed by atoms with Crippen LogP contribution in [-0.4, -0.2) is 0 Å². The van der Waals surface area contributed by atoms with E-state index in [-0.39, 0.29) is 6.42 Å². The van der Waals surface area contributed by atoms with Crippen LogP contribution in [0.1, 0.15) is 17.5 Å². The zero-order valence-electron chi connectivity index (χ0n) is 7.30. The minimum atomic E-state index is -4.30. The molecule has 0 fully saturated rings. The summed E-state index contributed by atoms with van der Waals surface area (Å²) in [5, 5.41) is 8.28. The van der Waals surface area contributed by atoms with Gasteiger partial charge in [0.2, 0.25) is 0 Å². The van der Waals surface area contributed by atoms with Crippen LogP contribution in [-0.2, 0) is 12.6 Å². The topological polar surface area (TPSA) is 23.8 Å². The van der Waals surface area contributed by atoms with Crippen LogP contribution in [0, 0.1) is 11.3 Å². The number of aryl methyl sites for hydroxylation is 1. The van der Waals surface area contributed by atoms with E-state index < -0.39 is 11.7 Å². The highest BCUT2D eigenvalue weighted by atomic mass is 19.4. The van der Waals surface area contributed by atoms with Crippen molar-refractivity contribution in [2.45, 2.75) is 19.0 Å². The molecule has 0 spiro atoms. The molecular weight excluding hydrogens is 191 g/mol. The van der Waals surface area contributed by atoms with Crippen LogP contribution in [0.15, 0.2) is 24.3 Å². The highest BCUT2D eigenvalue weighted by Gasteiger charge is 2.30. The lowest BCUT2D eigenvalue weighted by Crippen LogP contribution is -2.05. The van der Waals surface area contributed by atoms with Crippen molar-refractivity contribution in [3.63, 3.8) is 0 Å². The second kappa shape index (κ2) is 4.14. The number of halogens is 3. The van der Waals surface area contributed by atoms with Crippen LogP contribution in [0.2, 0.25) is 0 Å². The Kier molecular flexibility index (Phi) is 3.13. The first kappa shape index (κ1) is 10.6. The molecule has 1 nitrogen and oxygen atoms in total. The molecule has 1 aromatic carbocycles. The summed E-state index contributed by atoms with van der Waals surface area (Å²) in [5.41, 5.74) is -0.116. The zero-order chi connectivity index (χ0) is 10.6. The number of alkyl halides is 3. The molecule has 0 amide bonds. The van der Waals surface area contributed by atoms with Gasteiger partial charge in [-0.05, 0) is 18.1 Å². The number of hydrogen-bond acceptors (Lipinski definition) is 1. The molecule has 0 aliphatic heterocycles. The maximum Gasteiger partial charge on any atom is 0.416 e. The van der Waals surface area contributed by atoms with Gasteiger partial charge < -0.3 is 0 Å². The molecule has 0 N–H and O–H groups in total. The summed E-state index contributed by atoms with van der Waals surface area (Å²) in [6.45, 7) is 0. The van der Waals surface area contributed by atoms with Crippen LogP contribution in [0.25, 0.3) is 0 Å². The third kappa shape index (κ3) is 2.77. The third-order valence-corrected chi connectivity index (χ3v) is 1.78. The molecule has 0 aromatic heterocycles. The molecule has 0 saturated carbocycles. The summed E-state index contributed by atoms with van der Waals surface area (Å²) in [4.78, 5) is 0. The lowest BCUT2D eigenvalue weighted by molar-refractivity contribution is -0.137. The lowest BCUT2D eigenvalue weighted by Gasteiger charge is -2.07. The Morgan fingerprint density at radius 2 is 2.00 bits per heavy atom. The standard InChI is InChI=1S/C10H8F3N/c11-10(12,13)9-5-1-3-8(7-9)4-2-6-14/h1,3,5,7H,2,4H2. The lowest BCUT2D eigenvalue weighted by atomic mass is 10.1. The van der Waals surface area contributed by atoms with Crippen molar-refractivity contribution in [3.8, 4) is 6.07 Å². The number of hydrogen-bond donors (Lipinski definition) is 0. The van der Waals surface area contributed by atoms with Crippen LogP contribution >= 0.6 is 0 Å². The second-order valence-corrected chi connectivity index (χ2v) is 2.86. The molecule has 0 bridgehead atoms. The maximum atomic E-state index is 12.2. The van der Waals surface area contributed by atoms with Crippen molar-refractivity contribution < 1.29 is 13.2 Å². The van der Waals surface area contributed by atoms with Crippen LogP contribution < -0.4 is 0 Å².